The number of hydrogen-bond donors (Lipinski definition) is 3. The molecule has 8 nitrogen and oxygen atoms in total. The molecule has 3 N–H and O–H groups in total. The van der Waals surface area contributed by atoms with Gasteiger partial charge in [-0.15, -0.1) is 0 Å². The largest absolute Gasteiger partial charge is 0.475 e. The second-order valence-electron chi connectivity index (χ2n) is 7.18. The first-order valence-corrected chi connectivity index (χ1v) is 10.2. The summed E-state index contributed by atoms with van der Waals surface area (Å²) in [6.07, 6.45) is 1.36. The molecule has 0 bridgehead atoms. The Morgan fingerprint density at radius 1 is 1.17 bits per heavy atom. The van der Waals surface area contributed by atoms with E-state index in [2.05, 4.69) is 20.3 Å². The SMILES string of the molecule is Cc1[nH]c(C(=O)NC2CCN(c3nc(C(=O)O)nc4ccccc34)CC2)c(Cl)c1Cl. The highest BCUT2D eigenvalue weighted by molar-refractivity contribution is 6.44. The molecule has 30 heavy (non-hydrogen) atoms. The summed E-state index contributed by atoms with van der Waals surface area (Å²) in [5.74, 6) is -1.10. The number of amides is 1. The lowest BCUT2D eigenvalue weighted by atomic mass is 10.0. The topological polar surface area (TPSA) is 111 Å². The second kappa shape index (κ2) is 8.12. The van der Waals surface area contributed by atoms with E-state index in [1.165, 1.54) is 0 Å². The monoisotopic (exact) mass is 447 g/mol. The van der Waals surface area contributed by atoms with Gasteiger partial charge >= 0.3 is 5.97 Å². The van der Waals surface area contributed by atoms with E-state index in [0.717, 1.165) is 5.39 Å². The molecule has 4 rings (SSSR count). The molecule has 0 saturated carbocycles. The van der Waals surface area contributed by atoms with E-state index in [-0.39, 0.29) is 28.5 Å². The quantitative estimate of drug-likeness (QED) is 0.562. The number of piperidine rings is 1. The van der Waals surface area contributed by atoms with Crippen LogP contribution in [0.3, 0.4) is 0 Å². The maximum Gasteiger partial charge on any atom is 0.374 e. The van der Waals surface area contributed by atoms with Crippen LogP contribution in [0, 0.1) is 6.92 Å². The van der Waals surface area contributed by atoms with E-state index in [4.69, 9.17) is 23.2 Å². The van der Waals surface area contributed by atoms with Crippen molar-refractivity contribution in [3.63, 3.8) is 0 Å². The number of halogens is 2. The molecule has 3 aromatic rings. The molecule has 1 fully saturated rings. The molecule has 10 heteroatoms. The molecule has 2 aromatic heterocycles. The van der Waals surface area contributed by atoms with Crippen LogP contribution in [-0.4, -0.2) is 51.1 Å². The number of carbonyl (C=O) groups excluding carboxylic acids is 1. The summed E-state index contributed by atoms with van der Waals surface area (Å²) >= 11 is 12.2. The lowest BCUT2D eigenvalue weighted by molar-refractivity contribution is 0.0683. The molecule has 0 unspecified atom stereocenters. The summed E-state index contributed by atoms with van der Waals surface area (Å²) < 4.78 is 0. The maximum atomic E-state index is 12.6. The molecular weight excluding hydrogens is 429 g/mol. The predicted octanol–water partition coefficient (Wildman–Crippen LogP) is 3.67. The summed E-state index contributed by atoms with van der Waals surface area (Å²) in [6, 6.07) is 7.29. The van der Waals surface area contributed by atoms with Crippen LogP contribution >= 0.6 is 23.2 Å². The molecular formula is C20H19Cl2N5O3. The zero-order valence-electron chi connectivity index (χ0n) is 16.1. The molecule has 1 aliphatic rings. The molecule has 0 aliphatic carbocycles. The van der Waals surface area contributed by atoms with Gasteiger partial charge in [-0.3, -0.25) is 4.79 Å². The summed E-state index contributed by atoms with van der Waals surface area (Å²) in [4.78, 5) is 37.3. The van der Waals surface area contributed by atoms with E-state index in [1.54, 1.807) is 13.0 Å². The normalized spacial score (nSPS) is 14.8. The number of aromatic carboxylic acids is 1. The van der Waals surface area contributed by atoms with Gasteiger partial charge in [-0.25, -0.2) is 14.8 Å². The summed E-state index contributed by atoms with van der Waals surface area (Å²) in [5.41, 5.74) is 1.49. The highest BCUT2D eigenvalue weighted by Gasteiger charge is 2.26. The molecule has 1 amide bonds. The summed E-state index contributed by atoms with van der Waals surface area (Å²) in [7, 11) is 0. The van der Waals surface area contributed by atoms with Gasteiger partial charge in [-0.1, -0.05) is 35.3 Å². The number of aromatic nitrogens is 3. The van der Waals surface area contributed by atoms with Crippen LogP contribution in [0.15, 0.2) is 24.3 Å². The summed E-state index contributed by atoms with van der Waals surface area (Å²) in [6.45, 7) is 2.98. The lowest BCUT2D eigenvalue weighted by Crippen LogP contribution is -2.45. The number of aryl methyl sites for hydroxylation is 1. The number of hydrogen-bond acceptors (Lipinski definition) is 5. The molecule has 1 saturated heterocycles. The van der Waals surface area contributed by atoms with Crippen LogP contribution in [0.2, 0.25) is 10.0 Å². The van der Waals surface area contributed by atoms with E-state index in [9.17, 15) is 14.7 Å². The number of nitrogens with one attached hydrogen (secondary N) is 2. The predicted molar refractivity (Wildman–Crippen MR) is 115 cm³/mol. The fraction of sp³-hybridized carbons (Fsp3) is 0.300. The van der Waals surface area contributed by atoms with Crippen molar-refractivity contribution < 1.29 is 14.7 Å². The number of benzene rings is 1. The third-order valence-corrected chi connectivity index (χ3v) is 6.13. The first-order chi connectivity index (χ1) is 14.3. The van der Waals surface area contributed by atoms with Gasteiger partial charge < -0.3 is 20.3 Å². The lowest BCUT2D eigenvalue weighted by Gasteiger charge is -2.33. The van der Waals surface area contributed by atoms with Crippen molar-refractivity contribution in [3.8, 4) is 0 Å². The van der Waals surface area contributed by atoms with Gasteiger partial charge in [0.25, 0.3) is 5.91 Å². The van der Waals surface area contributed by atoms with Crippen molar-refractivity contribution in [3.05, 3.63) is 51.5 Å². The minimum absolute atomic E-state index is 0.0424. The third kappa shape index (κ3) is 3.80. The van der Waals surface area contributed by atoms with Crippen LogP contribution in [0.25, 0.3) is 10.9 Å². The minimum atomic E-state index is -1.17. The van der Waals surface area contributed by atoms with Crippen molar-refractivity contribution in [1.29, 1.82) is 0 Å². The molecule has 0 spiro atoms. The Bertz CT molecular complexity index is 1140. The number of rotatable bonds is 4. The smallest absolute Gasteiger partial charge is 0.374 e. The van der Waals surface area contributed by atoms with E-state index in [0.29, 0.717) is 48.0 Å². The van der Waals surface area contributed by atoms with Crippen LogP contribution in [0.4, 0.5) is 5.82 Å². The highest BCUT2D eigenvalue weighted by atomic mass is 35.5. The van der Waals surface area contributed by atoms with E-state index >= 15 is 0 Å². The average Bonchev–Trinajstić information content (AvgIpc) is 3.01. The molecule has 156 valence electrons. The van der Waals surface area contributed by atoms with Crippen LogP contribution < -0.4 is 10.2 Å². The average molecular weight is 448 g/mol. The number of para-hydroxylation sites is 1. The van der Waals surface area contributed by atoms with Gasteiger partial charge in [0.05, 0.1) is 15.6 Å². The van der Waals surface area contributed by atoms with Crippen LogP contribution in [0.1, 0.15) is 39.6 Å². The Morgan fingerprint density at radius 3 is 2.50 bits per heavy atom. The minimum Gasteiger partial charge on any atom is -0.475 e. The molecule has 0 atom stereocenters. The number of carboxylic acid groups (broad SMARTS) is 1. The maximum absolute atomic E-state index is 12.6. The van der Waals surface area contributed by atoms with Crippen LogP contribution in [0.5, 0.6) is 0 Å². The number of H-pyrrole nitrogens is 1. The summed E-state index contributed by atoms with van der Waals surface area (Å²) in [5, 5.41) is 13.7. The first-order valence-electron chi connectivity index (χ1n) is 9.44. The molecule has 0 radical (unpaired) electrons. The zero-order valence-corrected chi connectivity index (χ0v) is 17.6. The standard InChI is InChI=1S/C20H19Cl2N5O3/c1-10-14(21)15(22)16(23-10)19(28)24-11-6-8-27(9-7-11)18-12-4-2-3-5-13(12)25-17(26-18)20(29)30/h2-5,11,23H,6-9H2,1H3,(H,24,28)(H,29,30). The molecule has 3 heterocycles. The van der Waals surface area contributed by atoms with Crippen LogP contribution in [-0.2, 0) is 0 Å². The number of carboxylic acids is 1. The number of aromatic amines is 1. The van der Waals surface area contributed by atoms with Gasteiger partial charge in [-0.2, -0.15) is 0 Å². The molecule has 1 aromatic carbocycles. The van der Waals surface area contributed by atoms with Gasteiger partial charge in [0.2, 0.25) is 5.82 Å². The van der Waals surface area contributed by atoms with Gasteiger partial charge in [0.15, 0.2) is 0 Å². The number of anilines is 1. The first kappa shape index (κ1) is 20.4. The molecule has 1 aliphatic heterocycles. The highest BCUT2D eigenvalue weighted by Crippen LogP contribution is 2.30. The van der Waals surface area contributed by atoms with Gasteiger partial charge in [-0.05, 0) is 31.9 Å². The van der Waals surface area contributed by atoms with E-state index < -0.39 is 5.97 Å². The number of nitrogens with zero attached hydrogens (tertiary/aromatic N) is 3. The number of carbonyl (C=O) groups is 2. The van der Waals surface area contributed by atoms with Crippen molar-refractivity contribution in [2.45, 2.75) is 25.8 Å². The number of fused-ring (bicyclic) bond motifs is 1. The van der Waals surface area contributed by atoms with E-state index in [1.807, 2.05) is 23.1 Å². The van der Waals surface area contributed by atoms with Crippen molar-refractivity contribution >= 4 is 51.8 Å². The fourth-order valence-corrected chi connectivity index (χ4v) is 4.03. The van der Waals surface area contributed by atoms with Gasteiger partial charge in [0.1, 0.15) is 11.5 Å². The fourth-order valence-electron chi connectivity index (χ4n) is 3.62. The Hall–Kier alpha value is -2.84. The Balaban J connectivity index is 1.49. The zero-order chi connectivity index (χ0) is 21.4. The van der Waals surface area contributed by atoms with Crippen molar-refractivity contribution in [1.82, 2.24) is 20.3 Å². The Morgan fingerprint density at radius 2 is 1.87 bits per heavy atom. The second-order valence-corrected chi connectivity index (χ2v) is 7.94. The van der Waals surface area contributed by atoms with Gasteiger partial charge in [0, 0.05) is 30.2 Å². The Kier molecular flexibility index (Phi) is 5.53. The van der Waals surface area contributed by atoms with Crippen molar-refractivity contribution in [2.24, 2.45) is 0 Å². The Labute approximate surface area is 182 Å². The van der Waals surface area contributed by atoms with Crippen molar-refractivity contribution in [2.75, 3.05) is 18.0 Å². The third-order valence-electron chi connectivity index (χ3n) is 5.19.